The summed E-state index contributed by atoms with van der Waals surface area (Å²) in [5.41, 5.74) is 1.78. The van der Waals surface area contributed by atoms with E-state index in [4.69, 9.17) is 4.74 Å². The number of ether oxygens (including phenoxy) is 1. The van der Waals surface area contributed by atoms with Gasteiger partial charge in [0.05, 0.1) is 24.6 Å². The van der Waals surface area contributed by atoms with E-state index in [1.54, 1.807) is 47.5 Å². The Morgan fingerprint density at radius 2 is 2.03 bits per heavy atom. The maximum atomic E-state index is 14.3. The van der Waals surface area contributed by atoms with Gasteiger partial charge in [0.25, 0.3) is 0 Å². The molecule has 1 saturated heterocycles. The number of aromatic nitrogens is 3. The Balaban J connectivity index is 1.35. The molecule has 4 N–H and O–H groups in total. The lowest BCUT2D eigenvalue weighted by molar-refractivity contribution is -0.128. The Bertz CT molecular complexity index is 1180. The molecular formula is C24H26FN7O3. The minimum Gasteiger partial charge on any atom is -0.476 e. The fraction of sp³-hybridized carbons (Fsp3) is 0.250. The summed E-state index contributed by atoms with van der Waals surface area (Å²) in [5, 5.41) is 18.4. The van der Waals surface area contributed by atoms with Crippen LogP contribution in [0, 0.1) is 5.82 Å². The molecule has 10 nitrogen and oxygen atoms in total. The summed E-state index contributed by atoms with van der Waals surface area (Å²) in [6.45, 7) is 5.18. The normalized spacial score (nSPS) is 13.9. The molecule has 4 rings (SSSR count). The molecular weight excluding hydrogens is 453 g/mol. The van der Waals surface area contributed by atoms with Gasteiger partial charge in [-0.15, -0.1) is 0 Å². The Morgan fingerprint density at radius 1 is 1.17 bits per heavy atom. The lowest BCUT2D eigenvalue weighted by Crippen LogP contribution is -2.29. The summed E-state index contributed by atoms with van der Waals surface area (Å²) in [6.07, 6.45) is 4.56. The number of aliphatic hydroxyl groups excluding tert-OH is 1. The first-order valence-corrected chi connectivity index (χ1v) is 11.1. The van der Waals surface area contributed by atoms with Gasteiger partial charge in [-0.3, -0.25) is 4.79 Å². The van der Waals surface area contributed by atoms with Crippen LogP contribution in [-0.4, -0.2) is 56.8 Å². The van der Waals surface area contributed by atoms with Gasteiger partial charge >= 0.3 is 0 Å². The van der Waals surface area contributed by atoms with E-state index in [-0.39, 0.29) is 17.7 Å². The van der Waals surface area contributed by atoms with E-state index in [0.717, 1.165) is 19.2 Å². The Labute approximate surface area is 201 Å². The van der Waals surface area contributed by atoms with E-state index in [9.17, 15) is 14.3 Å². The molecule has 182 valence electrons. The zero-order chi connectivity index (χ0) is 24.6. The number of likely N-dealkylation sites (tertiary alicyclic amines) is 1. The lowest BCUT2D eigenvalue weighted by atomic mass is 10.2. The van der Waals surface area contributed by atoms with Crippen molar-refractivity contribution in [2.75, 3.05) is 35.6 Å². The van der Waals surface area contributed by atoms with E-state index >= 15 is 0 Å². The topological polar surface area (TPSA) is 125 Å². The molecule has 1 fully saturated rings. The number of carbonyl (C=O) groups excluding carboxylic acids is 1. The van der Waals surface area contributed by atoms with Gasteiger partial charge in [0.1, 0.15) is 12.8 Å². The van der Waals surface area contributed by atoms with Gasteiger partial charge in [0.15, 0.2) is 11.6 Å². The second kappa shape index (κ2) is 11.3. The standard InChI is InChI=1S/C24H26FN7O3/c1-2-20(33)28-16-5-3-6-17(13-16)29-23-19(25)15-27-24(31-23)30-18-8-9-21(26-14-18)35-12-11-32-10-4-7-22(32)34/h2-3,5-6,8-9,13-15,20,28,33H,1,4,7,10-12H2,(H2,27,29,30,31). The van der Waals surface area contributed by atoms with Crippen molar-refractivity contribution in [3.05, 3.63) is 67.3 Å². The molecule has 1 amide bonds. The number of rotatable bonds is 11. The van der Waals surface area contributed by atoms with Gasteiger partial charge in [-0.05, 0) is 36.8 Å². The van der Waals surface area contributed by atoms with Crippen LogP contribution < -0.4 is 20.7 Å². The Hall–Kier alpha value is -4.25. The van der Waals surface area contributed by atoms with Crippen molar-refractivity contribution in [1.82, 2.24) is 19.9 Å². The fourth-order valence-electron chi connectivity index (χ4n) is 3.44. The van der Waals surface area contributed by atoms with Gasteiger partial charge in [0.2, 0.25) is 17.7 Å². The van der Waals surface area contributed by atoms with Crippen LogP contribution in [0.4, 0.5) is 33.2 Å². The molecule has 1 aliphatic heterocycles. The minimum absolute atomic E-state index is 0.0201. The second-order valence-electron chi connectivity index (χ2n) is 7.76. The number of hydrogen-bond acceptors (Lipinski definition) is 9. The summed E-state index contributed by atoms with van der Waals surface area (Å²) in [4.78, 5) is 25.8. The molecule has 0 spiro atoms. The zero-order valence-corrected chi connectivity index (χ0v) is 18.9. The molecule has 3 aromatic rings. The van der Waals surface area contributed by atoms with Gasteiger partial charge < -0.3 is 30.7 Å². The molecule has 0 radical (unpaired) electrons. The van der Waals surface area contributed by atoms with E-state index < -0.39 is 12.0 Å². The summed E-state index contributed by atoms with van der Waals surface area (Å²) in [7, 11) is 0. The van der Waals surface area contributed by atoms with Crippen LogP contribution in [0.25, 0.3) is 0 Å². The predicted octanol–water partition coefficient (Wildman–Crippen LogP) is 3.42. The molecule has 3 heterocycles. The predicted molar refractivity (Wildman–Crippen MR) is 130 cm³/mol. The zero-order valence-electron chi connectivity index (χ0n) is 18.9. The molecule has 1 unspecified atom stereocenters. The quantitative estimate of drug-likeness (QED) is 0.242. The minimum atomic E-state index is -0.906. The maximum absolute atomic E-state index is 14.3. The van der Waals surface area contributed by atoms with Gasteiger partial charge in [-0.2, -0.15) is 4.98 Å². The van der Waals surface area contributed by atoms with Crippen LogP contribution in [0.5, 0.6) is 5.88 Å². The SMILES string of the molecule is C=CC(O)Nc1cccc(Nc2nc(Nc3ccc(OCCN4CCCC4=O)nc3)ncc2F)c1. The molecule has 1 aromatic carbocycles. The third kappa shape index (κ3) is 6.64. The summed E-state index contributed by atoms with van der Waals surface area (Å²) < 4.78 is 19.9. The van der Waals surface area contributed by atoms with E-state index in [0.29, 0.717) is 42.5 Å². The molecule has 0 saturated carbocycles. The second-order valence-corrected chi connectivity index (χ2v) is 7.76. The average molecular weight is 480 g/mol. The van der Waals surface area contributed by atoms with Gasteiger partial charge in [-0.25, -0.2) is 14.4 Å². The number of nitrogens with zero attached hydrogens (tertiary/aromatic N) is 4. The highest BCUT2D eigenvalue weighted by atomic mass is 19.1. The molecule has 11 heteroatoms. The summed E-state index contributed by atoms with van der Waals surface area (Å²) in [6, 6.07) is 10.4. The van der Waals surface area contributed by atoms with Crippen LogP contribution in [-0.2, 0) is 4.79 Å². The number of hydrogen-bond donors (Lipinski definition) is 4. The van der Waals surface area contributed by atoms with Crippen LogP contribution in [0.2, 0.25) is 0 Å². The molecule has 1 aliphatic rings. The number of amides is 1. The number of anilines is 5. The largest absolute Gasteiger partial charge is 0.476 e. The van der Waals surface area contributed by atoms with Crippen molar-refractivity contribution in [3.8, 4) is 5.88 Å². The van der Waals surface area contributed by atoms with Crippen LogP contribution in [0.3, 0.4) is 0 Å². The van der Waals surface area contributed by atoms with Crippen molar-refractivity contribution in [1.29, 1.82) is 0 Å². The third-order valence-electron chi connectivity index (χ3n) is 5.18. The summed E-state index contributed by atoms with van der Waals surface area (Å²) >= 11 is 0. The average Bonchev–Trinajstić information content (AvgIpc) is 3.27. The first kappa shape index (κ1) is 23.9. The van der Waals surface area contributed by atoms with E-state index in [2.05, 4.69) is 37.5 Å². The number of aliphatic hydroxyl groups is 1. The number of nitrogens with one attached hydrogen (secondary N) is 3. The smallest absolute Gasteiger partial charge is 0.229 e. The monoisotopic (exact) mass is 479 g/mol. The number of pyridine rings is 1. The summed E-state index contributed by atoms with van der Waals surface area (Å²) in [5.74, 6) is 0.115. The first-order valence-electron chi connectivity index (χ1n) is 11.1. The van der Waals surface area contributed by atoms with Crippen molar-refractivity contribution in [3.63, 3.8) is 0 Å². The highest BCUT2D eigenvalue weighted by Crippen LogP contribution is 2.23. The van der Waals surface area contributed by atoms with Crippen molar-refractivity contribution in [2.24, 2.45) is 0 Å². The van der Waals surface area contributed by atoms with E-state index in [1.165, 1.54) is 6.08 Å². The maximum Gasteiger partial charge on any atom is 0.229 e. The Kier molecular flexibility index (Phi) is 7.68. The van der Waals surface area contributed by atoms with Crippen molar-refractivity contribution < 1.29 is 19.0 Å². The lowest BCUT2D eigenvalue weighted by Gasteiger charge is -2.15. The van der Waals surface area contributed by atoms with Crippen LogP contribution in [0.1, 0.15) is 12.8 Å². The number of benzene rings is 1. The van der Waals surface area contributed by atoms with Gasteiger partial charge in [0, 0.05) is 30.4 Å². The first-order chi connectivity index (χ1) is 17.0. The van der Waals surface area contributed by atoms with Crippen molar-refractivity contribution in [2.45, 2.75) is 19.1 Å². The van der Waals surface area contributed by atoms with Gasteiger partial charge in [-0.1, -0.05) is 12.6 Å². The number of carbonyl (C=O) groups is 1. The highest BCUT2D eigenvalue weighted by molar-refractivity contribution is 5.78. The fourth-order valence-corrected chi connectivity index (χ4v) is 3.44. The van der Waals surface area contributed by atoms with Crippen LogP contribution in [0.15, 0.2) is 61.4 Å². The van der Waals surface area contributed by atoms with E-state index in [1.807, 2.05) is 0 Å². The Morgan fingerprint density at radius 3 is 2.77 bits per heavy atom. The molecule has 2 aromatic heterocycles. The molecule has 0 aliphatic carbocycles. The van der Waals surface area contributed by atoms with Crippen LogP contribution >= 0.6 is 0 Å². The molecule has 1 atom stereocenters. The highest BCUT2D eigenvalue weighted by Gasteiger charge is 2.19. The van der Waals surface area contributed by atoms with Crippen molar-refractivity contribution >= 4 is 34.7 Å². The third-order valence-corrected chi connectivity index (χ3v) is 5.18. The molecule has 0 bridgehead atoms. The molecule has 35 heavy (non-hydrogen) atoms. The number of halogens is 1.